The molecule has 41 heavy (non-hydrogen) atoms. The fourth-order valence-corrected chi connectivity index (χ4v) is 6.86. The fourth-order valence-electron chi connectivity index (χ4n) is 6.86. The van der Waals surface area contributed by atoms with Gasteiger partial charge in [0.1, 0.15) is 5.65 Å². The molecule has 4 aromatic heterocycles. The van der Waals surface area contributed by atoms with Gasteiger partial charge in [0.05, 0.1) is 52.0 Å². The number of carbonyl (C=O) groups is 1. The highest BCUT2D eigenvalue weighted by Gasteiger charge is 2.39. The van der Waals surface area contributed by atoms with E-state index < -0.39 is 23.4 Å². The van der Waals surface area contributed by atoms with Crippen molar-refractivity contribution in [1.82, 2.24) is 28.9 Å². The number of hydrogen-bond acceptors (Lipinski definition) is 5. The third kappa shape index (κ3) is 3.78. The van der Waals surface area contributed by atoms with Crippen LogP contribution in [-0.2, 0) is 29.2 Å². The summed E-state index contributed by atoms with van der Waals surface area (Å²) in [6, 6.07) is 7.59. The highest BCUT2D eigenvalue weighted by Crippen LogP contribution is 2.45. The first kappa shape index (κ1) is 25.7. The molecule has 11 heteroatoms. The van der Waals surface area contributed by atoms with E-state index in [-0.39, 0.29) is 24.3 Å². The minimum Gasteiger partial charge on any atom is -0.481 e. The molecule has 2 aliphatic heterocycles. The van der Waals surface area contributed by atoms with Crippen molar-refractivity contribution < 1.29 is 19.0 Å². The van der Waals surface area contributed by atoms with Crippen LogP contribution in [0.1, 0.15) is 44.7 Å². The number of fused-ring (bicyclic) bond motifs is 5. The summed E-state index contributed by atoms with van der Waals surface area (Å²) in [5.41, 5.74) is 4.21. The number of aromatic amines is 1. The molecule has 2 N–H and O–H groups in total. The minimum absolute atomic E-state index is 0.0741. The number of pyridine rings is 1. The number of halogens is 1. The number of nitrogens with one attached hydrogen (secondary N) is 1. The molecule has 8 rings (SSSR count). The van der Waals surface area contributed by atoms with Crippen LogP contribution in [0.15, 0.2) is 41.5 Å². The molecular formula is C30H31FN6O4. The van der Waals surface area contributed by atoms with Gasteiger partial charge in [0.15, 0.2) is 0 Å². The molecule has 1 aliphatic carbocycles. The van der Waals surface area contributed by atoms with Crippen molar-refractivity contribution >= 4 is 28.0 Å². The van der Waals surface area contributed by atoms with Gasteiger partial charge in [-0.1, -0.05) is 24.3 Å². The fraction of sp³-hybridized carbons (Fsp3) is 0.400. The van der Waals surface area contributed by atoms with Crippen molar-refractivity contribution in [3.63, 3.8) is 0 Å². The van der Waals surface area contributed by atoms with E-state index in [0.717, 1.165) is 22.1 Å². The Morgan fingerprint density at radius 1 is 1.20 bits per heavy atom. The summed E-state index contributed by atoms with van der Waals surface area (Å²) in [6.07, 6.45) is 5.16. The first-order valence-electron chi connectivity index (χ1n) is 13.8. The van der Waals surface area contributed by atoms with Crippen molar-refractivity contribution in [2.45, 2.75) is 44.8 Å². The van der Waals surface area contributed by atoms with Crippen molar-refractivity contribution in [2.75, 3.05) is 6.61 Å². The second-order valence-corrected chi connectivity index (χ2v) is 11.9. The summed E-state index contributed by atoms with van der Waals surface area (Å²) in [4.78, 5) is 34.2. The van der Waals surface area contributed by atoms with Gasteiger partial charge in [0, 0.05) is 31.9 Å². The van der Waals surface area contributed by atoms with Crippen molar-refractivity contribution in [1.29, 1.82) is 0 Å². The molecule has 0 saturated heterocycles. The van der Waals surface area contributed by atoms with E-state index in [9.17, 15) is 14.7 Å². The Morgan fingerprint density at radius 3 is 2.63 bits per heavy atom. The predicted octanol–water partition coefficient (Wildman–Crippen LogP) is 4.73. The molecule has 1 unspecified atom stereocenters. The molecule has 1 aromatic carbocycles. The Morgan fingerprint density at radius 2 is 1.95 bits per heavy atom. The molecule has 1 fully saturated rings. The van der Waals surface area contributed by atoms with Crippen LogP contribution in [0.3, 0.4) is 0 Å². The number of imidazole rings is 1. The third-order valence-corrected chi connectivity index (χ3v) is 9.11. The monoisotopic (exact) mass is 558 g/mol. The average molecular weight is 559 g/mol. The molecule has 0 amide bonds. The quantitative estimate of drug-likeness (QED) is 0.323. The Balaban J connectivity index is 1.60. The zero-order valence-electron chi connectivity index (χ0n) is 23.3. The number of aliphatic carboxylic acids is 1. The summed E-state index contributed by atoms with van der Waals surface area (Å²) < 4.78 is 26.2. The number of rotatable bonds is 2. The van der Waals surface area contributed by atoms with Crippen LogP contribution in [0.25, 0.3) is 44.5 Å². The maximum atomic E-state index is 15.1. The SMILES string of the molecule is Cn1cc(-c2[nH]c3ncc4c5c3c2-c2ccc(cc2)C(C)(C)OCC(C(=O)O)[C@@H]2CC[C@H](C2)n5c(=O)n4C)c(F)n1. The normalized spacial score (nSPS) is 22.0. The summed E-state index contributed by atoms with van der Waals surface area (Å²) in [7, 11) is 3.39. The predicted molar refractivity (Wildman–Crippen MR) is 151 cm³/mol. The standard InChI is InChI=1S/C30H31FN6O4/c1-30(2)17-8-5-15(6-9-17)22-23-25-21(12-32-27(23)33-24(22)19-13-35(3)34-26(19)31)36(4)29(40)37(25)18-10-7-16(11-18)20(14-41-30)28(38)39/h5-6,8-9,12-13,16,18,20H,7,10-11,14H2,1-4H3,(H,32,33)(H,38,39)/t16-,18-,20?/m1/s1. The van der Waals surface area contributed by atoms with Crippen LogP contribution in [0.5, 0.6) is 0 Å². The zero-order chi connectivity index (χ0) is 28.8. The van der Waals surface area contributed by atoms with Crippen LogP contribution >= 0.6 is 0 Å². The average Bonchev–Trinajstić information content (AvgIpc) is 3.68. The number of carboxylic acid groups (broad SMARTS) is 1. The van der Waals surface area contributed by atoms with E-state index in [1.165, 1.54) is 4.68 Å². The van der Waals surface area contributed by atoms with E-state index in [1.54, 1.807) is 35.6 Å². The molecule has 3 atom stereocenters. The topological polar surface area (TPSA) is 120 Å². The minimum atomic E-state index is -0.890. The lowest BCUT2D eigenvalue weighted by Gasteiger charge is -2.29. The van der Waals surface area contributed by atoms with Crippen LogP contribution in [-0.4, -0.2) is 46.6 Å². The molecule has 212 valence electrons. The highest BCUT2D eigenvalue weighted by molar-refractivity contribution is 6.14. The largest absolute Gasteiger partial charge is 0.481 e. The highest BCUT2D eigenvalue weighted by atomic mass is 19.1. The number of ether oxygens (including phenoxy) is 1. The second kappa shape index (κ2) is 8.87. The molecule has 10 nitrogen and oxygen atoms in total. The number of aryl methyl sites for hydroxylation is 2. The number of hydrogen-bond donors (Lipinski definition) is 2. The summed E-state index contributed by atoms with van der Waals surface area (Å²) in [5, 5.41) is 14.8. The Kier molecular flexibility index (Phi) is 5.56. The van der Waals surface area contributed by atoms with E-state index in [0.29, 0.717) is 47.2 Å². The Labute approximate surface area is 234 Å². The van der Waals surface area contributed by atoms with Crippen molar-refractivity contribution in [3.05, 3.63) is 58.7 Å². The van der Waals surface area contributed by atoms with E-state index in [1.807, 2.05) is 38.1 Å². The molecule has 3 aliphatic rings. The third-order valence-electron chi connectivity index (χ3n) is 9.11. The van der Waals surface area contributed by atoms with E-state index in [2.05, 4.69) is 15.1 Å². The van der Waals surface area contributed by atoms with Gasteiger partial charge in [-0.2, -0.15) is 4.39 Å². The Hall–Kier alpha value is -4.25. The van der Waals surface area contributed by atoms with Gasteiger partial charge < -0.3 is 14.8 Å². The number of carboxylic acids is 1. The van der Waals surface area contributed by atoms with Gasteiger partial charge in [-0.3, -0.25) is 18.6 Å². The van der Waals surface area contributed by atoms with Gasteiger partial charge in [0.2, 0.25) is 5.95 Å². The zero-order valence-corrected chi connectivity index (χ0v) is 23.3. The first-order valence-corrected chi connectivity index (χ1v) is 13.8. The van der Waals surface area contributed by atoms with E-state index in [4.69, 9.17) is 4.74 Å². The molecule has 0 spiro atoms. The smallest absolute Gasteiger partial charge is 0.329 e. The Bertz CT molecular complexity index is 1910. The van der Waals surface area contributed by atoms with Gasteiger partial charge in [-0.25, -0.2) is 9.78 Å². The molecular weight excluding hydrogens is 527 g/mol. The first-order chi connectivity index (χ1) is 19.5. The van der Waals surface area contributed by atoms with Gasteiger partial charge in [-0.05, 0) is 50.2 Å². The number of nitrogens with zero attached hydrogens (tertiary/aromatic N) is 5. The number of H-pyrrole nitrogens is 1. The molecule has 5 aromatic rings. The lowest BCUT2D eigenvalue weighted by atomic mass is 9.90. The lowest BCUT2D eigenvalue weighted by molar-refractivity contribution is -0.149. The second-order valence-electron chi connectivity index (χ2n) is 11.9. The molecule has 6 heterocycles. The van der Waals surface area contributed by atoms with Crippen LogP contribution in [0.4, 0.5) is 4.39 Å². The summed E-state index contributed by atoms with van der Waals surface area (Å²) >= 11 is 0. The van der Waals surface area contributed by atoms with Crippen LogP contribution in [0, 0.1) is 17.8 Å². The van der Waals surface area contributed by atoms with E-state index >= 15 is 4.39 Å². The van der Waals surface area contributed by atoms with Gasteiger partial charge >= 0.3 is 11.7 Å². The number of benzene rings is 1. The summed E-state index contributed by atoms with van der Waals surface area (Å²) in [5.74, 6) is -2.35. The van der Waals surface area contributed by atoms with Crippen LogP contribution < -0.4 is 5.69 Å². The lowest BCUT2D eigenvalue weighted by Crippen LogP contribution is -2.32. The van der Waals surface area contributed by atoms with Gasteiger partial charge in [-0.15, -0.1) is 5.10 Å². The maximum absolute atomic E-state index is 15.1. The number of aromatic nitrogens is 6. The molecule has 0 radical (unpaired) electrons. The van der Waals surface area contributed by atoms with Crippen LogP contribution in [0.2, 0.25) is 0 Å². The van der Waals surface area contributed by atoms with Crippen molar-refractivity contribution in [2.24, 2.45) is 25.9 Å². The molecule has 1 saturated carbocycles. The van der Waals surface area contributed by atoms with Gasteiger partial charge in [0.25, 0.3) is 0 Å². The molecule has 4 bridgehead atoms. The maximum Gasteiger partial charge on any atom is 0.329 e. The van der Waals surface area contributed by atoms with Crippen molar-refractivity contribution in [3.8, 4) is 22.4 Å². The summed E-state index contributed by atoms with van der Waals surface area (Å²) in [6.45, 7) is 3.94.